The predicted molar refractivity (Wildman–Crippen MR) is 116 cm³/mol. The first-order valence-electron chi connectivity index (χ1n) is 10.6. The maximum atomic E-state index is 13.1. The van der Waals surface area contributed by atoms with Gasteiger partial charge in [0.2, 0.25) is 0 Å². The zero-order chi connectivity index (χ0) is 21.5. The maximum Gasteiger partial charge on any atom is 0.262 e. The third kappa shape index (κ3) is 4.02. The van der Waals surface area contributed by atoms with Gasteiger partial charge in [-0.25, -0.2) is 23.4 Å². The van der Waals surface area contributed by atoms with Crippen LogP contribution in [0.3, 0.4) is 0 Å². The largest absolute Gasteiger partial charge is 0.356 e. The monoisotopic (exact) mass is 433 g/mol. The molecule has 0 spiro atoms. The number of sulfonamides is 1. The molecule has 0 amide bonds. The van der Waals surface area contributed by atoms with E-state index in [1.54, 1.807) is 10.8 Å². The highest BCUT2D eigenvalue weighted by molar-refractivity contribution is 7.89. The van der Waals surface area contributed by atoms with Crippen LogP contribution in [0.15, 0.2) is 17.3 Å². The van der Waals surface area contributed by atoms with Crippen LogP contribution in [-0.2, 0) is 17.1 Å². The van der Waals surface area contributed by atoms with Gasteiger partial charge in [0.25, 0.3) is 10.0 Å². The summed E-state index contributed by atoms with van der Waals surface area (Å²) < 4.78 is 29.5. The second kappa shape index (κ2) is 8.14. The Labute approximate surface area is 178 Å². The van der Waals surface area contributed by atoms with E-state index in [1.807, 2.05) is 33.9 Å². The molecule has 4 heterocycles. The van der Waals surface area contributed by atoms with Crippen LogP contribution in [0.2, 0.25) is 0 Å². The number of aryl methyl sites for hydroxylation is 2. The summed E-state index contributed by atoms with van der Waals surface area (Å²) in [5, 5.41) is 0.136. The van der Waals surface area contributed by atoms with Gasteiger partial charge in [0.15, 0.2) is 5.03 Å². The molecule has 2 aliphatic rings. The van der Waals surface area contributed by atoms with Crippen molar-refractivity contribution in [2.75, 3.05) is 49.1 Å². The van der Waals surface area contributed by atoms with E-state index in [9.17, 15) is 8.42 Å². The summed E-state index contributed by atoms with van der Waals surface area (Å²) in [7, 11) is -1.76. The van der Waals surface area contributed by atoms with E-state index in [0.29, 0.717) is 26.2 Å². The first-order chi connectivity index (χ1) is 14.3. The van der Waals surface area contributed by atoms with Crippen molar-refractivity contribution in [3.8, 4) is 0 Å². The Morgan fingerprint density at radius 1 is 0.900 bits per heavy atom. The number of nitrogens with zero attached hydrogens (tertiary/aromatic N) is 7. The second-order valence-electron chi connectivity index (χ2n) is 8.42. The lowest BCUT2D eigenvalue weighted by atomic mass is 10.2. The van der Waals surface area contributed by atoms with E-state index in [4.69, 9.17) is 0 Å². The number of hydrogen-bond acceptors (Lipinski definition) is 7. The molecule has 0 aromatic carbocycles. The minimum Gasteiger partial charge on any atom is -0.356 e. The van der Waals surface area contributed by atoms with Gasteiger partial charge < -0.3 is 14.4 Å². The van der Waals surface area contributed by atoms with E-state index < -0.39 is 10.0 Å². The Hall–Kier alpha value is -2.20. The lowest BCUT2D eigenvalue weighted by molar-refractivity contribution is 0.382. The van der Waals surface area contributed by atoms with Crippen LogP contribution in [-0.4, -0.2) is 71.5 Å². The molecule has 2 fully saturated rings. The molecule has 30 heavy (non-hydrogen) atoms. The number of piperazine rings is 1. The summed E-state index contributed by atoms with van der Waals surface area (Å²) in [6.45, 7) is 10.0. The van der Waals surface area contributed by atoms with Crippen LogP contribution in [0.25, 0.3) is 0 Å². The molecule has 2 aromatic heterocycles. The number of hydrogen-bond donors (Lipinski definition) is 0. The Bertz CT molecular complexity index is 1000. The second-order valence-corrected chi connectivity index (χ2v) is 10.3. The van der Waals surface area contributed by atoms with Crippen molar-refractivity contribution in [3.05, 3.63) is 23.9 Å². The van der Waals surface area contributed by atoms with Crippen LogP contribution in [0.1, 0.15) is 44.3 Å². The molecule has 0 radical (unpaired) electrons. The molecule has 164 valence electrons. The molecule has 9 nitrogen and oxygen atoms in total. The fourth-order valence-corrected chi connectivity index (χ4v) is 5.62. The fraction of sp³-hybridized carbons (Fsp3) is 0.650. The van der Waals surface area contributed by atoms with Crippen molar-refractivity contribution < 1.29 is 8.42 Å². The van der Waals surface area contributed by atoms with Gasteiger partial charge in [0, 0.05) is 64.5 Å². The highest BCUT2D eigenvalue weighted by Gasteiger charge is 2.32. The maximum absolute atomic E-state index is 13.1. The lowest BCUT2D eigenvalue weighted by Gasteiger charge is -2.34. The molecule has 2 aromatic rings. The van der Waals surface area contributed by atoms with Gasteiger partial charge in [-0.15, -0.1) is 0 Å². The number of imidazole rings is 1. The highest BCUT2D eigenvalue weighted by atomic mass is 32.2. The van der Waals surface area contributed by atoms with Crippen LogP contribution in [0, 0.1) is 6.92 Å². The Morgan fingerprint density at radius 2 is 1.47 bits per heavy atom. The van der Waals surface area contributed by atoms with Crippen molar-refractivity contribution in [2.24, 2.45) is 7.05 Å². The van der Waals surface area contributed by atoms with E-state index in [2.05, 4.69) is 24.8 Å². The summed E-state index contributed by atoms with van der Waals surface area (Å²) in [5.74, 6) is 3.54. The standard InChI is InChI=1S/C20H31N7O2S/c1-15(2)20-23-19(14-24(20)4)30(28,29)27-11-9-26(10-12-27)18-13-17(21-16(3)22-18)25-7-5-6-8-25/h13-15H,5-12H2,1-4H3. The molecule has 0 atom stereocenters. The van der Waals surface area contributed by atoms with Crippen molar-refractivity contribution in [3.63, 3.8) is 0 Å². The summed E-state index contributed by atoms with van der Waals surface area (Å²) in [6, 6.07) is 2.04. The molecule has 0 aliphatic carbocycles. The minimum atomic E-state index is -3.60. The molecule has 0 bridgehead atoms. The minimum absolute atomic E-state index is 0.136. The molecular formula is C20H31N7O2S. The van der Waals surface area contributed by atoms with Gasteiger partial charge in [0.1, 0.15) is 23.3 Å². The van der Waals surface area contributed by atoms with Crippen molar-refractivity contribution >= 4 is 21.7 Å². The molecule has 2 aliphatic heterocycles. The third-order valence-electron chi connectivity index (χ3n) is 5.81. The molecule has 2 saturated heterocycles. The van der Waals surface area contributed by atoms with Crippen LogP contribution >= 0.6 is 0 Å². The predicted octanol–water partition coefficient (Wildman–Crippen LogP) is 1.75. The molecular weight excluding hydrogens is 402 g/mol. The van der Waals surface area contributed by atoms with Gasteiger partial charge >= 0.3 is 0 Å². The zero-order valence-electron chi connectivity index (χ0n) is 18.2. The molecule has 0 N–H and O–H groups in total. The molecule has 0 saturated carbocycles. The van der Waals surface area contributed by atoms with E-state index in [-0.39, 0.29) is 10.9 Å². The summed E-state index contributed by atoms with van der Waals surface area (Å²) in [6.07, 6.45) is 4.01. The van der Waals surface area contributed by atoms with Gasteiger partial charge in [-0.3, -0.25) is 0 Å². The van der Waals surface area contributed by atoms with E-state index >= 15 is 0 Å². The van der Waals surface area contributed by atoms with Crippen molar-refractivity contribution in [1.82, 2.24) is 23.8 Å². The van der Waals surface area contributed by atoms with E-state index in [0.717, 1.165) is 36.4 Å². The first-order valence-corrected chi connectivity index (χ1v) is 12.1. The summed E-state index contributed by atoms with van der Waals surface area (Å²) >= 11 is 0. The van der Waals surface area contributed by atoms with Crippen LogP contribution in [0.4, 0.5) is 11.6 Å². The van der Waals surface area contributed by atoms with Gasteiger partial charge in [-0.05, 0) is 19.8 Å². The van der Waals surface area contributed by atoms with Crippen LogP contribution < -0.4 is 9.80 Å². The van der Waals surface area contributed by atoms with Crippen LogP contribution in [0.5, 0.6) is 0 Å². The molecule has 4 rings (SSSR count). The third-order valence-corrected chi connectivity index (χ3v) is 7.58. The number of rotatable bonds is 5. The zero-order valence-corrected chi connectivity index (χ0v) is 19.1. The fourth-order valence-electron chi connectivity index (χ4n) is 4.21. The van der Waals surface area contributed by atoms with Gasteiger partial charge in [-0.1, -0.05) is 13.8 Å². The average Bonchev–Trinajstić information content (AvgIpc) is 3.38. The SMILES string of the molecule is Cc1nc(N2CCCC2)cc(N2CCN(S(=O)(=O)c3cn(C)c(C(C)C)n3)CC2)n1. The molecule has 10 heteroatoms. The lowest BCUT2D eigenvalue weighted by Crippen LogP contribution is -2.49. The molecule has 0 unspecified atom stereocenters. The van der Waals surface area contributed by atoms with E-state index in [1.165, 1.54) is 17.1 Å². The summed E-state index contributed by atoms with van der Waals surface area (Å²) in [4.78, 5) is 18.1. The Morgan fingerprint density at radius 3 is 2.00 bits per heavy atom. The quantitative estimate of drug-likeness (QED) is 0.710. The summed E-state index contributed by atoms with van der Waals surface area (Å²) in [5.41, 5.74) is 0. The van der Waals surface area contributed by atoms with Gasteiger partial charge in [-0.2, -0.15) is 4.31 Å². The van der Waals surface area contributed by atoms with Crippen molar-refractivity contribution in [2.45, 2.75) is 44.6 Å². The Kier molecular flexibility index (Phi) is 5.71. The first kappa shape index (κ1) is 21.0. The Balaban J connectivity index is 1.48. The average molecular weight is 434 g/mol. The number of anilines is 2. The number of aromatic nitrogens is 4. The normalized spacial score (nSPS) is 18.6. The van der Waals surface area contributed by atoms with Crippen molar-refractivity contribution in [1.29, 1.82) is 0 Å². The van der Waals surface area contributed by atoms with Gasteiger partial charge in [0.05, 0.1) is 0 Å². The smallest absolute Gasteiger partial charge is 0.262 e. The highest BCUT2D eigenvalue weighted by Crippen LogP contribution is 2.25. The topological polar surface area (TPSA) is 87.5 Å².